The Morgan fingerprint density at radius 3 is 2.43 bits per heavy atom. The maximum Gasteiger partial charge on any atom is 0.272 e. The molecule has 0 saturated heterocycles. The second-order valence-electron chi connectivity index (χ2n) is 10.1. The summed E-state index contributed by atoms with van der Waals surface area (Å²) in [5.41, 5.74) is 8.25. The summed E-state index contributed by atoms with van der Waals surface area (Å²) >= 11 is 0. The van der Waals surface area contributed by atoms with Gasteiger partial charge in [0.2, 0.25) is 6.79 Å². The lowest BCUT2D eigenvalue weighted by atomic mass is 9.93. The molecule has 3 N–H and O–H groups in total. The number of hydrogen-bond acceptors (Lipinski definition) is 8. The number of carboxylic acid groups (broad SMARTS) is 1. The number of nitro groups is 1. The number of rotatable bonds is 6. The predicted molar refractivity (Wildman–Crippen MR) is 153 cm³/mol. The number of benzene rings is 3. The first-order chi connectivity index (χ1) is 20.0. The highest BCUT2D eigenvalue weighted by Gasteiger charge is 2.29. The van der Waals surface area contributed by atoms with E-state index in [1.54, 1.807) is 25.1 Å². The van der Waals surface area contributed by atoms with Crippen molar-refractivity contribution in [2.24, 2.45) is 5.10 Å². The zero-order chi connectivity index (χ0) is 30.4. The van der Waals surface area contributed by atoms with Crippen molar-refractivity contribution >= 4 is 23.3 Å². The average Bonchev–Trinajstić information content (AvgIpc) is 3.35. The number of aliphatic carboxylic acids is 1. The topological polar surface area (TPSA) is 162 Å². The summed E-state index contributed by atoms with van der Waals surface area (Å²) in [7, 11) is 0. The van der Waals surface area contributed by atoms with E-state index >= 15 is 0 Å². The maximum absolute atomic E-state index is 12.9. The van der Waals surface area contributed by atoms with Crippen molar-refractivity contribution in [1.82, 2.24) is 5.01 Å². The van der Waals surface area contributed by atoms with Crippen LogP contribution in [0.1, 0.15) is 54.1 Å². The molecule has 42 heavy (non-hydrogen) atoms. The first kappa shape index (κ1) is 29.9. The first-order valence-corrected chi connectivity index (χ1v) is 13.4. The fourth-order valence-corrected chi connectivity index (χ4v) is 4.64. The van der Waals surface area contributed by atoms with E-state index in [1.807, 2.05) is 31.2 Å². The van der Waals surface area contributed by atoms with Crippen LogP contribution in [-0.2, 0) is 16.0 Å². The van der Waals surface area contributed by atoms with E-state index in [0.29, 0.717) is 46.4 Å². The Hall–Kier alpha value is -5.03. The zero-order valence-electron chi connectivity index (χ0n) is 23.6. The van der Waals surface area contributed by atoms with Crippen LogP contribution >= 0.6 is 0 Å². The van der Waals surface area contributed by atoms with Gasteiger partial charge in [0, 0.05) is 46.8 Å². The van der Waals surface area contributed by atoms with Crippen LogP contribution in [-0.4, -0.2) is 40.4 Å². The van der Waals surface area contributed by atoms with Gasteiger partial charge in [0.1, 0.15) is 6.04 Å². The Labute approximate surface area is 243 Å². The number of carbonyl (C=O) groups excluding carboxylic acids is 2. The molecule has 0 unspecified atom stereocenters. The number of carboxylic acids is 1. The molecule has 0 fully saturated rings. The number of amides is 1. The summed E-state index contributed by atoms with van der Waals surface area (Å²) in [6.45, 7) is 5.65. The number of quaternary nitrogens is 1. The lowest BCUT2D eigenvalue weighted by Gasteiger charge is -2.22. The van der Waals surface area contributed by atoms with E-state index < -0.39 is 23.2 Å². The molecule has 5 rings (SSSR count). The average molecular weight is 573 g/mol. The summed E-state index contributed by atoms with van der Waals surface area (Å²) in [6.07, 6.45) is 2.42. The van der Waals surface area contributed by atoms with Crippen molar-refractivity contribution < 1.29 is 34.8 Å². The molecule has 2 heterocycles. The lowest BCUT2D eigenvalue weighted by Crippen LogP contribution is -2.51. The van der Waals surface area contributed by atoms with Crippen molar-refractivity contribution in [2.45, 2.75) is 45.7 Å². The van der Waals surface area contributed by atoms with E-state index in [0.717, 1.165) is 11.6 Å². The largest absolute Gasteiger partial charge is 0.550 e. The molecule has 0 bridgehead atoms. The fraction of sp³-hybridized carbons (Fsp3) is 0.258. The van der Waals surface area contributed by atoms with Gasteiger partial charge in [-0.3, -0.25) is 14.9 Å². The molecule has 0 radical (unpaired) electrons. The molecule has 11 nitrogen and oxygen atoms in total. The third kappa shape index (κ3) is 6.99. The number of fused-ring (bicyclic) bond motifs is 2. The first-order valence-electron chi connectivity index (χ1n) is 13.4. The third-order valence-corrected chi connectivity index (χ3v) is 6.80. The van der Waals surface area contributed by atoms with Crippen LogP contribution in [0.4, 0.5) is 5.69 Å². The second kappa shape index (κ2) is 13.1. The number of aryl methyl sites for hydroxylation is 1. The van der Waals surface area contributed by atoms with Gasteiger partial charge in [0.25, 0.3) is 11.6 Å². The van der Waals surface area contributed by atoms with Gasteiger partial charge in [-0.2, -0.15) is 5.10 Å². The molecular formula is C31H32N4O7. The van der Waals surface area contributed by atoms with Gasteiger partial charge in [-0.25, -0.2) is 5.01 Å². The van der Waals surface area contributed by atoms with Crippen molar-refractivity contribution in [3.8, 4) is 11.5 Å². The molecule has 2 aliphatic heterocycles. The van der Waals surface area contributed by atoms with Gasteiger partial charge in [-0.1, -0.05) is 36.4 Å². The van der Waals surface area contributed by atoms with Gasteiger partial charge in [0.05, 0.1) is 16.7 Å². The Bertz CT molecular complexity index is 1550. The van der Waals surface area contributed by atoms with Gasteiger partial charge < -0.3 is 25.1 Å². The van der Waals surface area contributed by atoms with Crippen LogP contribution in [0.15, 0.2) is 77.9 Å². The Balaban J connectivity index is 0.000000385. The SMILES string of the molecule is C[C@@H]([NH3+])c1ccccc1.Cc1cc(C2=NN(C(=O)C=CCC(=O)[O-])[C@@H](C)Cc3cc4c(cc32)OCO4)ccc1[N+](=O)[O-]. The van der Waals surface area contributed by atoms with Crippen LogP contribution in [0.25, 0.3) is 0 Å². The molecule has 0 aromatic heterocycles. The highest BCUT2D eigenvalue weighted by atomic mass is 16.7. The van der Waals surface area contributed by atoms with Gasteiger partial charge >= 0.3 is 0 Å². The smallest absolute Gasteiger partial charge is 0.272 e. The fourth-order valence-electron chi connectivity index (χ4n) is 4.64. The van der Waals surface area contributed by atoms with Gasteiger partial charge in [-0.05, 0) is 57.0 Å². The van der Waals surface area contributed by atoms with Gasteiger partial charge in [-0.15, -0.1) is 0 Å². The molecule has 3 aromatic carbocycles. The van der Waals surface area contributed by atoms with E-state index in [4.69, 9.17) is 9.47 Å². The Kier molecular flexibility index (Phi) is 9.33. The quantitative estimate of drug-likeness (QED) is 0.270. The number of nitro benzene ring substituents is 1. The van der Waals surface area contributed by atoms with Crippen LogP contribution in [0.5, 0.6) is 11.5 Å². The van der Waals surface area contributed by atoms with Crippen LogP contribution in [0.3, 0.4) is 0 Å². The molecule has 1 amide bonds. The lowest BCUT2D eigenvalue weighted by molar-refractivity contribution is -0.420. The second-order valence-corrected chi connectivity index (χ2v) is 10.1. The summed E-state index contributed by atoms with van der Waals surface area (Å²) in [6, 6.07) is 18.6. The molecule has 0 saturated carbocycles. The molecule has 0 aliphatic carbocycles. The highest BCUT2D eigenvalue weighted by Crippen LogP contribution is 2.38. The Morgan fingerprint density at radius 1 is 1.14 bits per heavy atom. The monoisotopic (exact) mass is 572 g/mol. The predicted octanol–water partition coefficient (Wildman–Crippen LogP) is 2.84. The summed E-state index contributed by atoms with van der Waals surface area (Å²) in [5.74, 6) is -0.654. The van der Waals surface area contributed by atoms with Crippen molar-refractivity contribution in [1.29, 1.82) is 0 Å². The minimum Gasteiger partial charge on any atom is -0.550 e. The van der Waals surface area contributed by atoms with Crippen molar-refractivity contribution in [3.05, 3.63) is 111 Å². The number of ether oxygens (including phenoxy) is 2. The number of hydrazone groups is 1. The van der Waals surface area contributed by atoms with Crippen LogP contribution in [0, 0.1) is 17.0 Å². The van der Waals surface area contributed by atoms with Gasteiger partial charge in [0.15, 0.2) is 11.5 Å². The number of hydrogen-bond donors (Lipinski definition) is 1. The zero-order valence-corrected chi connectivity index (χ0v) is 23.6. The summed E-state index contributed by atoms with van der Waals surface area (Å²) in [4.78, 5) is 34.3. The minimum absolute atomic E-state index is 0.0228. The number of carbonyl (C=O) groups is 2. The summed E-state index contributed by atoms with van der Waals surface area (Å²) in [5, 5.41) is 27.9. The van der Waals surface area contributed by atoms with E-state index in [9.17, 15) is 24.8 Å². The Morgan fingerprint density at radius 2 is 1.83 bits per heavy atom. The van der Waals surface area contributed by atoms with Crippen molar-refractivity contribution in [2.75, 3.05) is 6.79 Å². The minimum atomic E-state index is -1.30. The highest BCUT2D eigenvalue weighted by molar-refractivity contribution is 6.15. The van der Waals surface area contributed by atoms with E-state index in [1.165, 1.54) is 22.7 Å². The molecule has 2 aliphatic rings. The van der Waals surface area contributed by atoms with Crippen LogP contribution < -0.4 is 20.3 Å². The third-order valence-electron chi connectivity index (χ3n) is 6.80. The normalized spacial score (nSPS) is 16.0. The molecule has 11 heteroatoms. The van der Waals surface area contributed by atoms with Crippen LogP contribution in [0.2, 0.25) is 0 Å². The molecule has 218 valence electrons. The van der Waals surface area contributed by atoms with E-state index in [2.05, 4.69) is 29.9 Å². The summed E-state index contributed by atoms with van der Waals surface area (Å²) < 4.78 is 11.0. The molecular weight excluding hydrogens is 540 g/mol. The standard InChI is InChI=1S/C23H21N3O7.C8H11N/c1-13-8-15(6-7-18(13)26(30)31)23-17-11-20-19(32-12-33-20)10-16(17)9-14(2)25(24-23)21(27)4-3-5-22(28)29;1-7(9)8-5-3-2-4-6-8/h3-4,6-8,10-11,14H,5,9,12H2,1-2H3,(H,28,29);2-7H,9H2,1H3/t14-;7-/m01/s1. The number of nitrogens with zero attached hydrogens (tertiary/aromatic N) is 3. The molecule has 0 spiro atoms. The molecule has 3 aromatic rings. The maximum atomic E-state index is 12.9. The van der Waals surface area contributed by atoms with E-state index in [-0.39, 0.29) is 18.5 Å². The molecule has 2 atom stereocenters. The van der Waals surface area contributed by atoms with Crippen molar-refractivity contribution in [3.63, 3.8) is 0 Å².